The second-order valence-corrected chi connectivity index (χ2v) is 7.60. The first-order valence-corrected chi connectivity index (χ1v) is 9.42. The van der Waals surface area contributed by atoms with Crippen LogP contribution in [0.25, 0.3) is 0 Å². The Bertz CT molecular complexity index is 891. The molecule has 1 aromatic carbocycles. The van der Waals surface area contributed by atoms with Crippen LogP contribution in [0.1, 0.15) is 12.1 Å². The number of halogens is 1. The Hall–Kier alpha value is -2.80. The van der Waals surface area contributed by atoms with Crippen LogP contribution in [-0.2, 0) is 16.0 Å². The smallest absolute Gasteiger partial charge is 0.241 e. The Labute approximate surface area is 163 Å². The van der Waals surface area contributed by atoms with Crippen LogP contribution in [0.15, 0.2) is 48.7 Å². The Kier molecular flexibility index (Phi) is 4.85. The minimum Gasteiger partial charge on any atom is -0.340 e. The minimum atomic E-state index is -0.364. The Morgan fingerprint density at radius 1 is 1.21 bits per heavy atom. The first kappa shape index (κ1) is 18.6. The van der Waals surface area contributed by atoms with E-state index in [1.165, 1.54) is 12.1 Å². The number of hydrogen-bond acceptors (Lipinski definition) is 4. The summed E-state index contributed by atoms with van der Waals surface area (Å²) < 4.78 is 13.7. The zero-order valence-corrected chi connectivity index (χ0v) is 15.8. The lowest BCUT2D eigenvalue weighted by Crippen LogP contribution is -2.64. The number of piperazine rings is 1. The monoisotopic (exact) mass is 382 g/mol. The molecule has 0 bridgehead atoms. The first-order chi connectivity index (χ1) is 13.5. The molecule has 2 aliphatic rings. The zero-order valence-electron chi connectivity index (χ0n) is 15.8. The van der Waals surface area contributed by atoms with Gasteiger partial charge in [0.15, 0.2) is 0 Å². The molecule has 7 heteroatoms. The summed E-state index contributed by atoms with van der Waals surface area (Å²) in [6.45, 7) is 1.88. The van der Waals surface area contributed by atoms with Crippen molar-refractivity contribution in [2.24, 2.45) is 0 Å². The fourth-order valence-electron chi connectivity index (χ4n) is 4.12. The molecule has 1 aromatic heterocycles. The summed E-state index contributed by atoms with van der Waals surface area (Å²) in [5, 5.41) is 0. The van der Waals surface area contributed by atoms with Crippen molar-refractivity contribution in [1.29, 1.82) is 0 Å². The van der Waals surface area contributed by atoms with Crippen LogP contribution in [0, 0.1) is 5.82 Å². The van der Waals surface area contributed by atoms with Gasteiger partial charge in [-0.3, -0.25) is 19.5 Å². The Morgan fingerprint density at radius 2 is 2.07 bits per heavy atom. The maximum absolute atomic E-state index is 13.7. The van der Waals surface area contributed by atoms with E-state index in [1.807, 2.05) is 35.0 Å². The predicted octanol–water partition coefficient (Wildman–Crippen LogP) is 1.71. The number of pyridine rings is 1. The molecule has 0 aliphatic carbocycles. The van der Waals surface area contributed by atoms with Crippen LogP contribution < -0.4 is 4.90 Å². The molecular formula is C21H23FN4O2. The van der Waals surface area contributed by atoms with E-state index in [4.69, 9.17) is 0 Å². The van der Waals surface area contributed by atoms with Crippen LogP contribution in [0.4, 0.5) is 10.1 Å². The molecule has 28 heavy (non-hydrogen) atoms. The van der Waals surface area contributed by atoms with Gasteiger partial charge in [0.05, 0.1) is 18.5 Å². The van der Waals surface area contributed by atoms with Crippen molar-refractivity contribution < 1.29 is 14.0 Å². The summed E-state index contributed by atoms with van der Waals surface area (Å²) in [6.07, 6.45) is 2.73. The van der Waals surface area contributed by atoms with Gasteiger partial charge in [-0.25, -0.2) is 4.39 Å². The first-order valence-electron chi connectivity index (χ1n) is 9.42. The fourth-order valence-corrected chi connectivity index (χ4v) is 4.12. The van der Waals surface area contributed by atoms with Crippen molar-refractivity contribution in [2.75, 3.05) is 38.1 Å². The van der Waals surface area contributed by atoms with Gasteiger partial charge in [0, 0.05) is 37.2 Å². The van der Waals surface area contributed by atoms with E-state index in [-0.39, 0.29) is 36.1 Å². The van der Waals surface area contributed by atoms with Crippen molar-refractivity contribution in [3.8, 4) is 0 Å². The largest absolute Gasteiger partial charge is 0.340 e. The van der Waals surface area contributed by atoms with E-state index < -0.39 is 0 Å². The number of hydrogen-bond donors (Lipinski definition) is 0. The highest BCUT2D eigenvalue weighted by atomic mass is 19.1. The number of anilines is 1. The minimum absolute atomic E-state index is 0.0400. The van der Waals surface area contributed by atoms with E-state index in [0.717, 1.165) is 12.1 Å². The third-order valence-corrected chi connectivity index (χ3v) is 5.80. The molecule has 2 amide bonds. The lowest BCUT2D eigenvalue weighted by atomic mass is 9.92. The van der Waals surface area contributed by atoms with Crippen molar-refractivity contribution in [3.05, 3.63) is 60.2 Å². The van der Waals surface area contributed by atoms with Crippen LogP contribution in [0.3, 0.4) is 0 Å². The number of likely N-dealkylation sites (N-methyl/N-ethyl adjacent to an activating group) is 1. The third-order valence-electron chi connectivity index (χ3n) is 5.80. The highest BCUT2D eigenvalue weighted by Crippen LogP contribution is 2.33. The topological polar surface area (TPSA) is 56.8 Å². The van der Waals surface area contributed by atoms with Gasteiger partial charge >= 0.3 is 0 Å². The molecular weight excluding hydrogens is 359 g/mol. The fraction of sp³-hybridized carbons (Fsp3) is 0.381. The summed E-state index contributed by atoms with van der Waals surface area (Å²) in [4.78, 5) is 35.1. The number of nitrogens with zero attached hydrogens (tertiary/aromatic N) is 4. The van der Waals surface area contributed by atoms with Crippen molar-refractivity contribution in [3.63, 3.8) is 0 Å². The maximum atomic E-state index is 13.7. The van der Waals surface area contributed by atoms with Crippen LogP contribution >= 0.6 is 0 Å². The van der Waals surface area contributed by atoms with Crippen molar-refractivity contribution in [2.45, 2.75) is 18.4 Å². The van der Waals surface area contributed by atoms with Crippen LogP contribution in [0.5, 0.6) is 0 Å². The normalized spacial score (nSPS) is 22.9. The molecule has 2 aromatic rings. The average Bonchev–Trinajstić information content (AvgIpc) is 3.11. The number of aromatic nitrogens is 1. The number of carbonyl (C=O) groups excluding carboxylic acids is 2. The summed E-state index contributed by atoms with van der Waals surface area (Å²) in [7, 11) is 1.92. The number of benzene rings is 1. The highest BCUT2D eigenvalue weighted by Gasteiger charge is 2.48. The molecule has 1 atom stereocenters. The van der Waals surface area contributed by atoms with Gasteiger partial charge in [-0.1, -0.05) is 12.1 Å². The van der Waals surface area contributed by atoms with Gasteiger partial charge in [0.2, 0.25) is 11.8 Å². The lowest BCUT2D eigenvalue weighted by Gasteiger charge is -2.46. The summed E-state index contributed by atoms with van der Waals surface area (Å²) in [5.74, 6) is -0.382. The van der Waals surface area contributed by atoms with E-state index in [9.17, 15) is 14.0 Å². The lowest BCUT2D eigenvalue weighted by molar-refractivity contribution is -0.130. The summed E-state index contributed by atoms with van der Waals surface area (Å²) >= 11 is 0. The molecule has 2 aliphatic heterocycles. The molecule has 146 valence electrons. The summed E-state index contributed by atoms with van der Waals surface area (Å²) in [5.41, 5.74) is 0.998. The van der Waals surface area contributed by atoms with E-state index >= 15 is 0 Å². The van der Waals surface area contributed by atoms with Gasteiger partial charge < -0.3 is 9.80 Å². The maximum Gasteiger partial charge on any atom is 0.241 e. The molecule has 4 rings (SSSR count). The number of carbonyl (C=O) groups is 2. The van der Waals surface area contributed by atoms with E-state index in [1.54, 1.807) is 23.2 Å². The Morgan fingerprint density at radius 3 is 2.82 bits per heavy atom. The van der Waals surface area contributed by atoms with Crippen LogP contribution in [-0.4, -0.2) is 65.4 Å². The molecule has 2 saturated heterocycles. The average molecular weight is 382 g/mol. The molecule has 0 N–H and O–H groups in total. The molecule has 0 saturated carbocycles. The van der Waals surface area contributed by atoms with Gasteiger partial charge in [0.1, 0.15) is 5.82 Å². The van der Waals surface area contributed by atoms with E-state index in [0.29, 0.717) is 25.3 Å². The van der Waals surface area contributed by atoms with Gasteiger partial charge in [-0.05, 0) is 43.8 Å². The zero-order chi connectivity index (χ0) is 19.7. The highest BCUT2D eigenvalue weighted by molar-refractivity contribution is 5.96. The number of amides is 2. The molecule has 2 fully saturated rings. The van der Waals surface area contributed by atoms with E-state index in [2.05, 4.69) is 4.98 Å². The summed E-state index contributed by atoms with van der Waals surface area (Å²) in [6, 6.07) is 11.7. The van der Waals surface area contributed by atoms with Gasteiger partial charge in [0.25, 0.3) is 0 Å². The second kappa shape index (κ2) is 7.31. The quantitative estimate of drug-likeness (QED) is 0.811. The number of likely N-dealkylation sites (tertiary alicyclic amines) is 1. The predicted molar refractivity (Wildman–Crippen MR) is 103 cm³/mol. The van der Waals surface area contributed by atoms with Crippen molar-refractivity contribution >= 4 is 17.5 Å². The molecule has 3 heterocycles. The molecule has 0 radical (unpaired) electrons. The van der Waals surface area contributed by atoms with Gasteiger partial charge in [-0.2, -0.15) is 0 Å². The number of rotatable bonds is 3. The SMILES string of the molecule is CN1CC(=O)N(c2cccc(F)c2)C[C@@]12CCN(C(=O)Cc1ccccn1)C2. The third kappa shape index (κ3) is 3.49. The Balaban J connectivity index is 1.50. The molecule has 1 spiro atoms. The molecule has 0 unspecified atom stereocenters. The standard InChI is InChI=1S/C21H23FN4O2/c1-24-13-20(28)26(18-7-4-5-16(22)11-18)15-21(24)8-10-25(14-21)19(27)12-17-6-2-3-9-23-17/h2-7,9,11H,8,10,12-15H2,1H3/t21-/m0/s1. The van der Waals surface area contributed by atoms with Crippen molar-refractivity contribution in [1.82, 2.24) is 14.8 Å². The van der Waals surface area contributed by atoms with Crippen LogP contribution in [0.2, 0.25) is 0 Å². The second-order valence-electron chi connectivity index (χ2n) is 7.60. The molecule has 6 nitrogen and oxygen atoms in total. The van der Waals surface area contributed by atoms with Gasteiger partial charge in [-0.15, -0.1) is 0 Å².